The van der Waals surface area contributed by atoms with Gasteiger partial charge in [0, 0.05) is 3.57 Å². The van der Waals surface area contributed by atoms with E-state index in [1.54, 1.807) is 0 Å². The van der Waals surface area contributed by atoms with Crippen LogP contribution in [0.1, 0.15) is 16.1 Å². The average Bonchev–Trinajstić information content (AvgIpc) is 2.70. The average molecular weight is 329 g/mol. The van der Waals surface area contributed by atoms with Crippen molar-refractivity contribution in [3.8, 4) is 0 Å². The Morgan fingerprint density at radius 2 is 2.06 bits per heavy atom. The zero-order valence-electron chi connectivity index (χ0n) is 8.17. The molecular formula is C10H8IN3O2. The van der Waals surface area contributed by atoms with Crippen molar-refractivity contribution in [3.63, 3.8) is 0 Å². The largest absolute Gasteiger partial charge is 0.476 e. The quantitative estimate of drug-likeness (QED) is 0.869. The maximum atomic E-state index is 10.6. The van der Waals surface area contributed by atoms with Gasteiger partial charge in [0.15, 0.2) is 5.69 Å². The van der Waals surface area contributed by atoms with Crippen molar-refractivity contribution in [2.45, 2.75) is 6.54 Å². The predicted octanol–water partition coefficient (Wildman–Crippen LogP) is 1.63. The summed E-state index contributed by atoms with van der Waals surface area (Å²) in [5.41, 5.74) is 1.02. The van der Waals surface area contributed by atoms with Gasteiger partial charge in [0.2, 0.25) is 0 Å². The lowest BCUT2D eigenvalue weighted by atomic mass is 10.2. The van der Waals surface area contributed by atoms with Crippen molar-refractivity contribution in [3.05, 3.63) is 45.3 Å². The molecule has 0 saturated carbocycles. The highest BCUT2D eigenvalue weighted by molar-refractivity contribution is 14.1. The second kappa shape index (κ2) is 4.60. The molecule has 82 valence electrons. The maximum Gasteiger partial charge on any atom is 0.358 e. The molecule has 0 amide bonds. The van der Waals surface area contributed by atoms with Gasteiger partial charge in [-0.3, -0.25) is 0 Å². The van der Waals surface area contributed by atoms with Gasteiger partial charge < -0.3 is 5.11 Å². The Morgan fingerprint density at radius 3 is 2.62 bits per heavy atom. The van der Waals surface area contributed by atoms with Gasteiger partial charge in [-0.25, -0.2) is 9.48 Å². The standard InChI is InChI=1S/C10H8IN3O2/c11-8-3-1-7(2-4-8)5-14-6-9(10(15)16)12-13-14/h1-4,6H,5H2,(H,15,16). The van der Waals surface area contributed by atoms with Crippen LogP contribution in [0.4, 0.5) is 0 Å². The van der Waals surface area contributed by atoms with Crippen LogP contribution in [-0.2, 0) is 6.54 Å². The molecule has 0 saturated heterocycles. The molecule has 1 N–H and O–H groups in total. The summed E-state index contributed by atoms with van der Waals surface area (Å²) in [5, 5.41) is 16.0. The number of rotatable bonds is 3. The molecule has 1 aromatic carbocycles. The molecule has 16 heavy (non-hydrogen) atoms. The fourth-order valence-electron chi connectivity index (χ4n) is 1.25. The van der Waals surface area contributed by atoms with Crippen LogP contribution in [0.15, 0.2) is 30.5 Å². The van der Waals surface area contributed by atoms with Gasteiger partial charge in [0.1, 0.15) is 0 Å². The zero-order valence-corrected chi connectivity index (χ0v) is 10.3. The number of hydrogen-bond donors (Lipinski definition) is 1. The number of halogens is 1. The molecule has 1 heterocycles. The number of carboxylic acids is 1. The SMILES string of the molecule is O=C(O)c1cn(Cc2ccc(I)cc2)nn1. The van der Waals surface area contributed by atoms with Crippen LogP contribution >= 0.6 is 22.6 Å². The van der Waals surface area contributed by atoms with Gasteiger partial charge in [-0.1, -0.05) is 17.3 Å². The summed E-state index contributed by atoms with van der Waals surface area (Å²) in [4.78, 5) is 10.6. The van der Waals surface area contributed by atoms with Crippen LogP contribution < -0.4 is 0 Å². The maximum absolute atomic E-state index is 10.6. The molecule has 0 atom stereocenters. The van der Waals surface area contributed by atoms with E-state index < -0.39 is 5.97 Å². The normalized spacial score (nSPS) is 10.3. The van der Waals surface area contributed by atoms with E-state index in [2.05, 4.69) is 32.9 Å². The minimum absolute atomic E-state index is 0.0366. The fourth-order valence-corrected chi connectivity index (χ4v) is 1.61. The van der Waals surface area contributed by atoms with E-state index in [-0.39, 0.29) is 5.69 Å². The highest BCUT2D eigenvalue weighted by Gasteiger charge is 2.07. The van der Waals surface area contributed by atoms with Crippen LogP contribution in [-0.4, -0.2) is 26.1 Å². The number of benzene rings is 1. The number of hydrogen-bond acceptors (Lipinski definition) is 3. The summed E-state index contributed by atoms with van der Waals surface area (Å²) < 4.78 is 2.66. The van der Waals surface area contributed by atoms with Crippen molar-refractivity contribution >= 4 is 28.6 Å². The molecule has 1 aromatic heterocycles. The minimum atomic E-state index is -1.06. The van der Waals surface area contributed by atoms with Crippen molar-refractivity contribution in [2.24, 2.45) is 0 Å². The third kappa shape index (κ3) is 2.57. The highest BCUT2D eigenvalue weighted by atomic mass is 127. The first-order valence-corrected chi connectivity index (χ1v) is 5.61. The van der Waals surface area contributed by atoms with Gasteiger partial charge in [-0.15, -0.1) is 5.10 Å². The van der Waals surface area contributed by atoms with E-state index in [0.717, 1.165) is 9.13 Å². The van der Waals surface area contributed by atoms with Crippen LogP contribution in [0.5, 0.6) is 0 Å². The molecule has 2 aromatic rings. The summed E-state index contributed by atoms with van der Waals surface area (Å²) in [6, 6.07) is 7.93. The lowest BCUT2D eigenvalue weighted by Crippen LogP contribution is -2.00. The smallest absolute Gasteiger partial charge is 0.358 e. The monoisotopic (exact) mass is 329 g/mol. The molecule has 0 unspecified atom stereocenters. The van der Waals surface area contributed by atoms with Crippen molar-refractivity contribution < 1.29 is 9.90 Å². The summed E-state index contributed by atoms with van der Waals surface area (Å²) in [7, 11) is 0. The van der Waals surface area contributed by atoms with Crippen molar-refractivity contribution in [2.75, 3.05) is 0 Å². The third-order valence-electron chi connectivity index (χ3n) is 2.02. The Bertz CT molecular complexity index is 507. The zero-order chi connectivity index (χ0) is 11.5. The fraction of sp³-hybridized carbons (Fsp3) is 0.100. The Balaban J connectivity index is 2.14. The van der Waals surface area contributed by atoms with Crippen LogP contribution in [0, 0.1) is 3.57 Å². The first-order valence-electron chi connectivity index (χ1n) is 4.53. The Hall–Kier alpha value is -1.44. The number of nitrogens with zero attached hydrogens (tertiary/aromatic N) is 3. The first-order chi connectivity index (χ1) is 7.65. The van der Waals surface area contributed by atoms with Crippen LogP contribution in [0.2, 0.25) is 0 Å². The Kier molecular flexibility index (Phi) is 3.18. The minimum Gasteiger partial charge on any atom is -0.476 e. The summed E-state index contributed by atoms with van der Waals surface area (Å²) in [6.45, 7) is 0.525. The van der Waals surface area contributed by atoms with E-state index in [4.69, 9.17) is 5.11 Å². The number of carbonyl (C=O) groups is 1. The molecule has 2 rings (SSSR count). The van der Waals surface area contributed by atoms with Crippen LogP contribution in [0.25, 0.3) is 0 Å². The van der Waals surface area contributed by atoms with E-state index in [9.17, 15) is 4.79 Å². The number of carboxylic acid groups (broad SMARTS) is 1. The molecule has 6 heteroatoms. The summed E-state index contributed by atoms with van der Waals surface area (Å²) in [5.74, 6) is -1.06. The highest BCUT2D eigenvalue weighted by Crippen LogP contribution is 2.08. The summed E-state index contributed by atoms with van der Waals surface area (Å²) in [6.07, 6.45) is 1.42. The topological polar surface area (TPSA) is 68.0 Å². The first kappa shape index (κ1) is 11.1. The van der Waals surface area contributed by atoms with Gasteiger partial charge in [-0.2, -0.15) is 0 Å². The van der Waals surface area contributed by atoms with Crippen molar-refractivity contribution in [1.29, 1.82) is 0 Å². The van der Waals surface area contributed by atoms with E-state index in [1.807, 2.05) is 24.3 Å². The lowest BCUT2D eigenvalue weighted by Gasteiger charge is -2.00. The van der Waals surface area contributed by atoms with Crippen LogP contribution in [0.3, 0.4) is 0 Å². The van der Waals surface area contributed by atoms with E-state index >= 15 is 0 Å². The number of aromatic carboxylic acids is 1. The second-order valence-corrected chi connectivity index (χ2v) is 4.48. The van der Waals surface area contributed by atoms with Gasteiger partial charge >= 0.3 is 5.97 Å². The van der Waals surface area contributed by atoms with E-state index in [1.165, 1.54) is 10.9 Å². The number of aromatic nitrogens is 3. The second-order valence-electron chi connectivity index (χ2n) is 3.23. The Labute approximate surface area is 105 Å². The van der Waals surface area contributed by atoms with Gasteiger partial charge in [0.25, 0.3) is 0 Å². The molecule has 0 aliphatic carbocycles. The van der Waals surface area contributed by atoms with Gasteiger partial charge in [-0.05, 0) is 40.3 Å². The predicted molar refractivity (Wildman–Crippen MR) is 65.2 cm³/mol. The summed E-state index contributed by atoms with van der Waals surface area (Å²) >= 11 is 2.23. The molecular weight excluding hydrogens is 321 g/mol. The molecule has 5 nitrogen and oxygen atoms in total. The molecule has 0 bridgehead atoms. The third-order valence-corrected chi connectivity index (χ3v) is 2.73. The van der Waals surface area contributed by atoms with Gasteiger partial charge in [0.05, 0.1) is 12.7 Å². The van der Waals surface area contributed by atoms with Crippen molar-refractivity contribution in [1.82, 2.24) is 15.0 Å². The Morgan fingerprint density at radius 1 is 1.38 bits per heavy atom. The molecule has 0 fully saturated rings. The molecule has 0 aliphatic heterocycles. The lowest BCUT2D eigenvalue weighted by molar-refractivity contribution is 0.0690. The molecule has 0 spiro atoms. The molecule has 0 aliphatic rings. The molecule has 0 radical (unpaired) electrons. The van der Waals surface area contributed by atoms with E-state index in [0.29, 0.717) is 6.54 Å².